The summed E-state index contributed by atoms with van der Waals surface area (Å²) in [5.74, 6) is 0.527. The zero-order chi connectivity index (χ0) is 16.4. The lowest BCUT2D eigenvalue weighted by Crippen LogP contribution is -2.02. The van der Waals surface area contributed by atoms with E-state index in [1.165, 1.54) is 0 Å². The molecule has 0 spiro atoms. The molecule has 0 aliphatic rings. The Morgan fingerprint density at radius 2 is 2.00 bits per heavy atom. The smallest absolute Gasteiger partial charge is 0.195 e. The van der Waals surface area contributed by atoms with Gasteiger partial charge in [-0.2, -0.15) is 5.26 Å². The highest BCUT2D eigenvalue weighted by molar-refractivity contribution is 6.30. The maximum Gasteiger partial charge on any atom is 0.195 e. The molecule has 3 rings (SSSR count). The number of nitrogens with one attached hydrogen (secondary N) is 1. The van der Waals surface area contributed by atoms with Crippen LogP contribution in [0.25, 0.3) is 10.9 Å². The number of nitrogens with zero attached hydrogens (tertiary/aromatic N) is 1. The van der Waals surface area contributed by atoms with Crippen LogP contribution in [0.5, 0.6) is 5.75 Å². The molecule has 5 heteroatoms. The molecule has 0 atom stereocenters. The fourth-order valence-corrected chi connectivity index (χ4v) is 2.75. The van der Waals surface area contributed by atoms with Crippen molar-refractivity contribution in [1.82, 2.24) is 4.98 Å². The van der Waals surface area contributed by atoms with Gasteiger partial charge < -0.3 is 9.72 Å². The topological polar surface area (TPSA) is 65.9 Å². The average Bonchev–Trinajstić information content (AvgIpc) is 2.99. The van der Waals surface area contributed by atoms with Gasteiger partial charge in [0.2, 0.25) is 0 Å². The first kappa shape index (κ1) is 15.1. The minimum atomic E-state index is -0.111. The van der Waals surface area contributed by atoms with Crippen LogP contribution >= 0.6 is 11.6 Å². The lowest BCUT2D eigenvalue weighted by Gasteiger charge is -2.08. The van der Waals surface area contributed by atoms with Crippen molar-refractivity contribution in [2.24, 2.45) is 0 Å². The van der Waals surface area contributed by atoms with E-state index in [-0.39, 0.29) is 12.2 Å². The number of aromatic nitrogens is 1. The average molecular weight is 325 g/mol. The van der Waals surface area contributed by atoms with Crippen LogP contribution in [0.4, 0.5) is 0 Å². The van der Waals surface area contributed by atoms with Crippen LogP contribution in [0, 0.1) is 11.3 Å². The third kappa shape index (κ3) is 2.67. The third-order valence-electron chi connectivity index (χ3n) is 3.72. The number of carbonyl (C=O) groups excluding carboxylic acids is 1. The molecule has 1 heterocycles. The summed E-state index contributed by atoms with van der Waals surface area (Å²) >= 11 is 5.87. The Kier molecular flexibility index (Phi) is 4.05. The molecule has 0 fully saturated rings. The van der Waals surface area contributed by atoms with Crippen molar-refractivity contribution in [3.63, 3.8) is 0 Å². The number of fused-ring (bicyclic) bond motifs is 1. The summed E-state index contributed by atoms with van der Waals surface area (Å²) in [6.07, 6.45) is 1.99. The molecule has 114 valence electrons. The summed E-state index contributed by atoms with van der Waals surface area (Å²) < 4.78 is 5.37. The number of aromatic amines is 1. The minimum absolute atomic E-state index is 0.111. The highest BCUT2D eigenvalue weighted by Crippen LogP contribution is 2.32. The van der Waals surface area contributed by atoms with Crippen LogP contribution in [0.15, 0.2) is 42.6 Å². The molecule has 4 nitrogen and oxygen atoms in total. The van der Waals surface area contributed by atoms with Gasteiger partial charge in [0.1, 0.15) is 5.75 Å². The van der Waals surface area contributed by atoms with E-state index in [0.717, 1.165) is 10.9 Å². The fourth-order valence-electron chi connectivity index (χ4n) is 2.62. The van der Waals surface area contributed by atoms with Crippen molar-refractivity contribution in [3.8, 4) is 11.8 Å². The molecule has 2 aromatic carbocycles. The molecule has 0 aliphatic heterocycles. The van der Waals surface area contributed by atoms with Gasteiger partial charge in [-0.1, -0.05) is 11.6 Å². The van der Waals surface area contributed by atoms with Crippen LogP contribution in [0.2, 0.25) is 5.02 Å². The maximum absolute atomic E-state index is 12.8. The quantitative estimate of drug-likeness (QED) is 0.734. The van der Waals surface area contributed by atoms with E-state index >= 15 is 0 Å². The first-order valence-corrected chi connectivity index (χ1v) is 7.37. The second kappa shape index (κ2) is 6.15. The zero-order valence-electron chi connectivity index (χ0n) is 12.4. The first-order chi connectivity index (χ1) is 11.2. The number of ether oxygens (including phenoxy) is 1. The number of H-pyrrole nitrogens is 1. The van der Waals surface area contributed by atoms with E-state index in [4.69, 9.17) is 21.6 Å². The van der Waals surface area contributed by atoms with Crippen LogP contribution in [-0.4, -0.2) is 17.9 Å². The largest absolute Gasteiger partial charge is 0.496 e. The van der Waals surface area contributed by atoms with E-state index in [9.17, 15) is 4.79 Å². The zero-order valence-corrected chi connectivity index (χ0v) is 13.1. The molecule has 23 heavy (non-hydrogen) atoms. The molecule has 0 radical (unpaired) electrons. The Morgan fingerprint density at radius 1 is 1.26 bits per heavy atom. The molecular formula is C18H13ClN2O2. The molecule has 1 N–H and O–H groups in total. The highest BCUT2D eigenvalue weighted by atomic mass is 35.5. The number of halogens is 1. The predicted molar refractivity (Wildman–Crippen MR) is 89.1 cm³/mol. The van der Waals surface area contributed by atoms with Crippen molar-refractivity contribution in [3.05, 3.63) is 64.3 Å². The Hall–Kier alpha value is -2.77. The number of methoxy groups -OCH3 is 1. The lowest BCUT2D eigenvalue weighted by atomic mass is 9.99. The number of ketones is 1. The lowest BCUT2D eigenvalue weighted by molar-refractivity contribution is 0.104. The van der Waals surface area contributed by atoms with Crippen molar-refractivity contribution in [2.45, 2.75) is 6.42 Å². The molecule has 0 bridgehead atoms. The predicted octanol–water partition coefficient (Wildman–Crippen LogP) is 4.13. The van der Waals surface area contributed by atoms with Gasteiger partial charge in [-0.15, -0.1) is 0 Å². The summed E-state index contributed by atoms with van der Waals surface area (Å²) in [5, 5.41) is 10.3. The Bertz CT molecular complexity index is 921. The molecule has 0 saturated heterocycles. The second-order valence-electron chi connectivity index (χ2n) is 5.05. The Morgan fingerprint density at radius 3 is 2.65 bits per heavy atom. The van der Waals surface area contributed by atoms with Crippen molar-refractivity contribution < 1.29 is 9.53 Å². The van der Waals surface area contributed by atoms with Gasteiger partial charge in [0.25, 0.3) is 0 Å². The van der Waals surface area contributed by atoms with Gasteiger partial charge in [-0.3, -0.25) is 4.79 Å². The van der Waals surface area contributed by atoms with Gasteiger partial charge in [0, 0.05) is 27.7 Å². The molecule has 0 unspecified atom stereocenters. The number of hydrogen-bond acceptors (Lipinski definition) is 3. The van der Waals surface area contributed by atoms with Gasteiger partial charge in [0.15, 0.2) is 5.78 Å². The van der Waals surface area contributed by atoms with Crippen LogP contribution in [0.3, 0.4) is 0 Å². The summed E-state index contributed by atoms with van der Waals surface area (Å²) in [6, 6.07) is 12.4. The Balaban J connectivity index is 2.17. The molecular weight excluding hydrogens is 312 g/mol. The standard InChI is InChI=1S/C18H13ClN2O2/c1-23-15-7-6-14(17-16(15)12(8-9-20)10-21-17)18(22)11-2-4-13(19)5-3-11/h2-7,10,21H,8H2,1H3. The van der Waals surface area contributed by atoms with Crippen LogP contribution in [-0.2, 0) is 6.42 Å². The highest BCUT2D eigenvalue weighted by Gasteiger charge is 2.18. The first-order valence-electron chi connectivity index (χ1n) is 7.00. The van der Waals surface area contributed by atoms with Crippen LogP contribution < -0.4 is 4.74 Å². The second-order valence-corrected chi connectivity index (χ2v) is 5.49. The molecule has 0 aliphatic carbocycles. The van der Waals surface area contributed by atoms with E-state index in [2.05, 4.69) is 11.1 Å². The third-order valence-corrected chi connectivity index (χ3v) is 3.97. The number of hydrogen-bond donors (Lipinski definition) is 1. The van der Waals surface area contributed by atoms with Gasteiger partial charge in [-0.05, 0) is 42.0 Å². The molecule has 3 aromatic rings. The van der Waals surface area contributed by atoms with Gasteiger partial charge in [0.05, 0.1) is 25.1 Å². The molecule has 0 amide bonds. The summed E-state index contributed by atoms with van der Waals surface area (Å²) in [4.78, 5) is 15.9. The van der Waals surface area contributed by atoms with Gasteiger partial charge in [-0.25, -0.2) is 0 Å². The van der Waals surface area contributed by atoms with E-state index in [1.807, 2.05) is 0 Å². The van der Waals surface area contributed by atoms with Crippen molar-refractivity contribution >= 4 is 28.3 Å². The molecule has 0 saturated carbocycles. The number of nitriles is 1. The number of carbonyl (C=O) groups is 1. The van der Waals surface area contributed by atoms with E-state index < -0.39 is 0 Å². The monoisotopic (exact) mass is 324 g/mol. The minimum Gasteiger partial charge on any atom is -0.496 e. The van der Waals surface area contributed by atoms with Crippen molar-refractivity contribution in [1.29, 1.82) is 5.26 Å². The van der Waals surface area contributed by atoms with Gasteiger partial charge >= 0.3 is 0 Å². The summed E-state index contributed by atoms with van der Waals surface area (Å²) in [5.41, 5.74) is 2.57. The van der Waals surface area contributed by atoms with E-state index in [1.54, 1.807) is 49.7 Å². The SMILES string of the molecule is COc1ccc(C(=O)c2ccc(Cl)cc2)c2[nH]cc(CC#N)c12. The normalized spacial score (nSPS) is 10.5. The number of rotatable bonds is 4. The maximum atomic E-state index is 12.8. The van der Waals surface area contributed by atoms with Crippen LogP contribution in [0.1, 0.15) is 21.5 Å². The van der Waals surface area contributed by atoms with E-state index in [0.29, 0.717) is 27.4 Å². The summed E-state index contributed by atoms with van der Waals surface area (Å²) in [7, 11) is 1.57. The fraction of sp³-hybridized carbons (Fsp3) is 0.111. The van der Waals surface area contributed by atoms with Crippen molar-refractivity contribution in [2.75, 3.05) is 7.11 Å². The summed E-state index contributed by atoms with van der Waals surface area (Å²) in [6.45, 7) is 0. The number of benzene rings is 2. The molecule has 1 aromatic heterocycles. The Labute approximate surface area is 138 Å².